The Morgan fingerprint density at radius 3 is 2.77 bits per heavy atom. The number of allylic oxidation sites excluding steroid dienone is 1. The molecule has 1 atom stereocenters. The second-order valence-corrected chi connectivity index (χ2v) is 8.63. The van der Waals surface area contributed by atoms with Crippen LogP contribution in [0.1, 0.15) is 59.6 Å². The number of hydrogen-bond acceptors (Lipinski definition) is 2. The predicted molar refractivity (Wildman–Crippen MR) is 118 cm³/mol. The molecule has 26 heavy (non-hydrogen) atoms. The standard InChI is InChI=1S/C24H29NS/c1-15(10-22-11-18(4)24(25)12-17(22)3)14-26-19(5)20-8-9-23-16(2)6-7-21(23)13-20/h8-9,11-14,16H,5-7,10,25H2,1-4H3/b15-14+. The Bertz CT molecular complexity index is 876. The van der Waals surface area contributed by atoms with E-state index in [2.05, 4.69) is 70.0 Å². The van der Waals surface area contributed by atoms with Gasteiger partial charge in [-0.15, -0.1) is 0 Å². The molecule has 1 aliphatic rings. The number of nitrogen functional groups attached to an aromatic ring is 1. The van der Waals surface area contributed by atoms with Gasteiger partial charge in [0.05, 0.1) is 0 Å². The van der Waals surface area contributed by atoms with Gasteiger partial charge in [0.15, 0.2) is 0 Å². The Morgan fingerprint density at radius 2 is 2.00 bits per heavy atom. The molecule has 2 aromatic rings. The highest BCUT2D eigenvalue weighted by atomic mass is 32.2. The van der Waals surface area contributed by atoms with Crippen LogP contribution in [0, 0.1) is 13.8 Å². The number of fused-ring (bicyclic) bond motifs is 1. The normalized spacial score (nSPS) is 16.6. The summed E-state index contributed by atoms with van der Waals surface area (Å²) in [5.41, 5.74) is 16.3. The van der Waals surface area contributed by atoms with Crippen LogP contribution in [0.25, 0.3) is 4.91 Å². The maximum atomic E-state index is 6.00. The minimum Gasteiger partial charge on any atom is -0.399 e. The molecule has 0 spiro atoms. The highest BCUT2D eigenvalue weighted by Crippen LogP contribution is 2.36. The fourth-order valence-corrected chi connectivity index (χ4v) is 4.36. The smallest absolute Gasteiger partial charge is 0.0346 e. The maximum absolute atomic E-state index is 6.00. The summed E-state index contributed by atoms with van der Waals surface area (Å²) in [5.74, 6) is 0.703. The van der Waals surface area contributed by atoms with Crippen LogP contribution < -0.4 is 5.73 Å². The zero-order valence-corrected chi connectivity index (χ0v) is 17.2. The molecule has 3 rings (SSSR count). The molecule has 0 aromatic heterocycles. The van der Waals surface area contributed by atoms with Crippen LogP contribution in [-0.2, 0) is 12.8 Å². The van der Waals surface area contributed by atoms with Crippen LogP contribution in [-0.4, -0.2) is 0 Å². The van der Waals surface area contributed by atoms with E-state index < -0.39 is 0 Å². The van der Waals surface area contributed by atoms with Crippen LogP contribution in [0.15, 0.2) is 47.9 Å². The van der Waals surface area contributed by atoms with E-state index in [1.165, 1.54) is 46.2 Å². The first kappa shape index (κ1) is 18.8. The van der Waals surface area contributed by atoms with Crippen molar-refractivity contribution in [3.63, 3.8) is 0 Å². The third kappa shape index (κ3) is 4.07. The van der Waals surface area contributed by atoms with E-state index in [-0.39, 0.29) is 0 Å². The predicted octanol–water partition coefficient (Wildman–Crippen LogP) is 6.79. The van der Waals surface area contributed by atoms with Gasteiger partial charge in [-0.05, 0) is 90.8 Å². The molecule has 0 bridgehead atoms. The number of anilines is 1. The maximum Gasteiger partial charge on any atom is 0.0346 e. The van der Waals surface area contributed by atoms with Gasteiger partial charge in [0.25, 0.3) is 0 Å². The Balaban J connectivity index is 1.67. The average Bonchev–Trinajstić information content (AvgIpc) is 2.98. The van der Waals surface area contributed by atoms with E-state index in [1.807, 2.05) is 0 Å². The van der Waals surface area contributed by atoms with Crippen molar-refractivity contribution in [3.8, 4) is 0 Å². The summed E-state index contributed by atoms with van der Waals surface area (Å²) in [6, 6.07) is 11.2. The Hall–Kier alpha value is -1.93. The van der Waals surface area contributed by atoms with Gasteiger partial charge in [0.2, 0.25) is 0 Å². The third-order valence-corrected chi connectivity index (χ3v) is 6.48. The van der Waals surface area contributed by atoms with Gasteiger partial charge in [0.1, 0.15) is 0 Å². The van der Waals surface area contributed by atoms with Gasteiger partial charge >= 0.3 is 0 Å². The van der Waals surface area contributed by atoms with Crippen LogP contribution >= 0.6 is 11.8 Å². The third-order valence-electron chi connectivity index (χ3n) is 5.44. The van der Waals surface area contributed by atoms with E-state index in [4.69, 9.17) is 5.73 Å². The van der Waals surface area contributed by atoms with E-state index in [9.17, 15) is 0 Å². The van der Waals surface area contributed by atoms with Crippen molar-refractivity contribution in [1.29, 1.82) is 0 Å². The molecule has 0 saturated heterocycles. The molecule has 136 valence electrons. The molecule has 1 nitrogen and oxygen atoms in total. The fraction of sp³-hybridized carbons (Fsp3) is 0.333. The van der Waals surface area contributed by atoms with Crippen molar-refractivity contribution in [3.05, 3.63) is 81.3 Å². The molecular formula is C24H29NS. The van der Waals surface area contributed by atoms with Crippen molar-refractivity contribution in [2.45, 2.75) is 52.9 Å². The monoisotopic (exact) mass is 363 g/mol. The van der Waals surface area contributed by atoms with Crippen LogP contribution in [0.5, 0.6) is 0 Å². The van der Waals surface area contributed by atoms with Crippen molar-refractivity contribution in [1.82, 2.24) is 0 Å². The minimum absolute atomic E-state index is 0.703. The molecule has 0 amide bonds. The summed E-state index contributed by atoms with van der Waals surface area (Å²) in [5, 5.41) is 2.24. The van der Waals surface area contributed by atoms with Gasteiger partial charge in [-0.2, -0.15) is 0 Å². The van der Waals surface area contributed by atoms with Gasteiger partial charge < -0.3 is 5.73 Å². The first-order chi connectivity index (χ1) is 12.3. The Morgan fingerprint density at radius 1 is 1.23 bits per heavy atom. The topological polar surface area (TPSA) is 26.0 Å². The summed E-state index contributed by atoms with van der Waals surface area (Å²) in [7, 11) is 0. The number of thioether (sulfide) groups is 1. The highest BCUT2D eigenvalue weighted by Gasteiger charge is 2.18. The van der Waals surface area contributed by atoms with Gasteiger partial charge in [0, 0.05) is 10.6 Å². The van der Waals surface area contributed by atoms with Gasteiger partial charge in [-0.25, -0.2) is 0 Å². The first-order valence-corrected chi connectivity index (χ1v) is 10.2. The summed E-state index contributed by atoms with van der Waals surface area (Å²) in [6.07, 6.45) is 3.43. The lowest BCUT2D eigenvalue weighted by Gasteiger charge is -2.11. The van der Waals surface area contributed by atoms with Crippen molar-refractivity contribution in [2.24, 2.45) is 0 Å². The molecule has 2 aromatic carbocycles. The van der Waals surface area contributed by atoms with Crippen LogP contribution in [0.4, 0.5) is 5.69 Å². The number of aryl methyl sites for hydroxylation is 3. The highest BCUT2D eigenvalue weighted by molar-refractivity contribution is 8.10. The minimum atomic E-state index is 0.703. The largest absolute Gasteiger partial charge is 0.399 e. The number of nitrogens with two attached hydrogens (primary N) is 1. The molecule has 0 heterocycles. The molecule has 0 saturated carbocycles. The Labute approximate surface area is 162 Å². The lowest BCUT2D eigenvalue weighted by atomic mass is 9.99. The Kier molecular flexibility index (Phi) is 5.62. The second-order valence-electron chi connectivity index (χ2n) is 7.67. The summed E-state index contributed by atoms with van der Waals surface area (Å²) >= 11 is 1.74. The molecule has 2 N–H and O–H groups in total. The molecular weight excluding hydrogens is 334 g/mol. The average molecular weight is 364 g/mol. The summed E-state index contributed by atoms with van der Waals surface area (Å²) in [6.45, 7) is 13.0. The SMILES string of the molecule is C=C(S/C=C(\C)Cc1cc(C)c(N)cc1C)c1ccc2c(c1)CCC2C. The quantitative estimate of drug-likeness (QED) is 0.592. The van der Waals surface area contributed by atoms with E-state index in [0.717, 1.165) is 22.6 Å². The fourth-order valence-electron chi connectivity index (χ4n) is 3.67. The van der Waals surface area contributed by atoms with Crippen LogP contribution in [0.3, 0.4) is 0 Å². The van der Waals surface area contributed by atoms with E-state index in [0.29, 0.717) is 5.92 Å². The molecule has 0 radical (unpaired) electrons. The molecule has 1 unspecified atom stereocenters. The molecule has 0 fully saturated rings. The number of hydrogen-bond donors (Lipinski definition) is 1. The molecule has 2 heteroatoms. The zero-order chi connectivity index (χ0) is 18.8. The van der Waals surface area contributed by atoms with Crippen LogP contribution in [0.2, 0.25) is 0 Å². The van der Waals surface area contributed by atoms with Gasteiger partial charge in [-0.3, -0.25) is 0 Å². The lowest BCUT2D eigenvalue weighted by Crippen LogP contribution is -1.96. The van der Waals surface area contributed by atoms with E-state index in [1.54, 1.807) is 11.8 Å². The van der Waals surface area contributed by atoms with Crippen molar-refractivity contribution >= 4 is 22.4 Å². The molecule has 1 aliphatic carbocycles. The van der Waals surface area contributed by atoms with Gasteiger partial charge in [-0.1, -0.05) is 55.1 Å². The lowest BCUT2D eigenvalue weighted by molar-refractivity contribution is 0.747. The zero-order valence-electron chi connectivity index (χ0n) is 16.4. The summed E-state index contributed by atoms with van der Waals surface area (Å²) < 4.78 is 0. The van der Waals surface area contributed by atoms with Crippen molar-refractivity contribution in [2.75, 3.05) is 5.73 Å². The number of benzene rings is 2. The first-order valence-electron chi connectivity index (χ1n) is 9.35. The summed E-state index contributed by atoms with van der Waals surface area (Å²) in [4.78, 5) is 1.12. The van der Waals surface area contributed by atoms with E-state index >= 15 is 0 Å². The van der Waals surface area contributed by atoms with Crippen molar-refractivity contribution < 1.29 is 0 Å². The molecule has 0 aliphatic heterocycles. The number of rotatable bonds is 5. The second kappa shape index (κ2) is 7.75.